The number of rotatable bonds is 4. The predicted molar refractivity (Wildman–Crippen MR) is 97.8 cm³/mol. The number of hydrogen-bond acceptors (Lipinski definition) is 5. The molecule has 0 radical (unpaired) electrons. The maximum Gasteiger partial charge on any atom is 0.120 e. The van der Waals surface area contributed by atoms with E-state index in [1.807, 2.05) is 12.1 Å². The number of phenols is 1. The summed E-state index contributed by atoms with van der Waals surface area (Å²) in [6.45, 7) is 5.28. The number of phenolic OH excluding ortho intramolecular Hbond substituents is 1. The maximum absolute atomic E-state index is 10.2. The third-order valence-corrected chi connectivity index (χ3v) is 7.57. The molecule has 0 amide bonds. The Morgan fingerprint density at radius 3 is 2.64 bits per heavy atom. The highest BCUT2D eigenvalue weighted by Gasteiger charge is 2.13. The zero-order chi connectivity index (χ0) is 15.5. The van der Waals surface area contributed by atoms with Gasteiger partial charge in [0.1, 0.15) is 9.57 Å². The molecule has 0 unspecified atom stereocenters. The number of piperidine rings is 1. The van der Waals surface area contributed by atoms with E-state index in [2.05, 4.69) is 17.9 Å². The Balaban J connectivity index is 1.78. The Hall–Kier alpha value is -0.750. The smallest absolute Gasteiger partial charge is 0.120 e. The van der Waals surface area contributed by atoms with Crippen molar-refractivity contribution in [1.29, 1.82) is 0 Å². The van der Waals surface area contributed by atoms with Gasteiger partial charge in [0.05, 0.1) is 0 Å². The second-order valence-electron chi connectivity index (χ2n) is 5.97. The number of aryl methyl sites for hydroxylation is 1. The monoisotopic (exact) mass is 351 g/mol. The highest BCUT2D eigenvalue weighted by atomic mass is 32.9. The largest absolute Gasteiger partial charge is 0.508 e. The molecule has 3 rings (SSSR count). The number of hydrogen-bond donors (Lipinski definition) is 1. The molecule has 1 aromatic heterocycles. The van der Waals surface area contributed by atoms with E-state index in [0.717, 1.165) is 35.4 Å². The summed E-state index contributed by atoms with van der Waals surface area (Å²) in [5.74, 6) is 0.415. The van der Waals surface area contributed by atoms with E-state index in [0.29, 0.717) is 5.75 Å². The number of nitrogens with zero attached hydrogens (tertiary/aromatic N) is 1. The first-order valence-electron chi connectivity index (χ1n) is 7.75. The molecule has 118 valence electrons. The van der Waals surface area contributed by atoms with Crippen molar-refractivity contribution in [3.63, 3.8) is 0 Å². The van der Waals surface area contributed by atoms with E-state index in [1.54, 1.807) is 20.7 Å². The summed E-state index contributed by atoms with van der Waals surface area (Å²) in [6, 6.07) is 6.01. The predicted octanol–water partition coefficient (Wildman–Crippen LogP) is 5.13. The Morgan fingerprint density at radius 2 is 1.95 bits per heavy atom. The molecular weight excluding hydrogens is 330 g/mol. The molecule has 1 aliphatic rings. The van der Waals surface area contributed by atoms with Crippen LogP contribution in [0.2, 0.25) is 0 Å². The highest BCUT2D eigenvalue weighted by molar-refractivity contribution is 7.79. The number of aromatic hydroxyl groups is 1. The molecule has 2 heterocycles. The SMILES string of the molecule is Cc1ssc(=S)c1Cc1ccc(O)c(CN2CCCCC2)c1. The van der Waals surface area contributed by atoms with Crippen LogP contribution in [-0.2, 0) is 13.0 Å². The van der Waals surface area contributed by atoms with Crippen LogP contribution < -0.4 is 0 Å². The molecule has 2 nitrogen and oxygen atoms in total. The molecular formula is C17H21NOS3. The van der Waals surface area contributed by atoms with Crippen molar-refractivity contribution in [3.8, 4) is 5.75 Å². The number of benzene rings is 1. The van der Waals surface area contributed by atoms with Crippen molar-refractivity contribution in [1.82, 2.24) is 4.90 Å². The molecule has 22 heavy (non-hydrogen) atoms. The van der Waals surface area contributed by atoms with Crippen molar-refractivity contribution in [2.24, 2.45) is 0 Å². The van der Waals surface area contributed by atoms with E-state index in [1.165, 1.54) is 35.3 Å². The fourth-order valence-corrected chi connectivity index (χ4v) is 5.65. The van der Waals surface area contributed by atoms with Crippen LogP contribution in [0.15, 0.2) is 18.2 Å². The van der Waals surface area contributed by atoms with E-state index in [4.69, 9.17) is 12.2 Å². The summed E-state index contributed by atoms with van der Waals surface area (Å²) in [7, 11) is 3.45. The molecule has 1 aliphatic heterocycles. The van der Waals surface area contributed by atoms with E-state index in [9.17, 15) is 5.11 Å². The summed E-state index contributed by atoms with van der Waals surface area (Å²) in [4.78, 5) is 3.76. The first kappa shape index (κ1) is 16.1. The summed E-state index contributed by atoms with van der Waals surface area (Å²) in [6.07, 6.45) is 4.76. The van der Waals surface area contributed by atoms with Gasteiger partial charge in [-0.2, -0.15) is 0 Å². The van der Waals surface area contributed by atoms with Crippen LogP contribution in [-0.4, -0.2) is 23.1 Å². The second kappa shape index (κ2) is 7.21. The Morgan fingerprint density at radius 1 is 1.18 bits per heavy atom. The van der Waals surface area contributed by atoms with Crippen LogP contribution in [0, 0.1) is 10.7 Å². The van der Waals surface area contributed by atoms with Gasteiger partial charge in [0, 0.05) is 23.4 Å². The average Bonchev–Trinajstić information content (AvgIpc) is 2.83. The zero-order valence-corrected chi connectivity index (χ0v) is 15.3. The van der Waals surface area contributed by atoms with Crippen LogP contribution in [0.3, 0.4) is 0 Å². The van der Waals surface area contributed by atoms with Gasteiger partial charge in [-0.3, -0.25) is 4.90 Å². The van der Waals surface area contributed by atoms with Crippen molar-refractivity contribution in [2.75, 3.05) is 13.1 Å². The van der Waals surface area contributed by atoms with Gasteiger partial charge in [-0.25, -0.2) is 0 Å². The molecule has 0 spiro atoms. The minimum atomic E-state index is 0.415. The molecule has 1 fully saturated rings. The average molecular weight is 352 g/mol. The summed E-state index contributed by atoms with van der Waals surface area (Å²) >= 11 is 5.43. The lowest BCUT2D eigenvalue weighted by molar-refractivity contribution is 0.218. The number of likely N-dealkylation sites (tertiary alicyclic amines) is 1. The Bertz CT molecular complexity index is 698. The minimum absolute atomic E-state index is 0.415. The molecule has 1 aromatic carbocycles. The van der Waals surface area contributed by atoms with Crippen LogP contribution >= 0.6 is 32.9 Å². The first-order chi connectivity index (χ1) is 10.6. The van der Waals surface area contributed by atoms with Gasteiger partial charge in [-0.15, -0.1) is 0 Å². The third kappa shape index (κ3) is 3.77. The molecule has 1 saturated heterocycles. The van der Waals surface area contributed by atoms with E-state index in [-0.39, 0.29) is 0 Å². The standard InChI is InChI=1S/C17H21NOS3/c1-12-15(17(20)22-21-12)10-13-5-6-16(19)14(9-13)11-18-7-3-2-4-8-18/h5-6,9,19H,2-4,7-8,10-11H2,1H3. The van der Waals surface area contributed by atoms with Gasteiger partial charge < -0.3 is 5.11 Å². The molecule has 0 aliphatic carbocycles. The van der Waals surface area contributed by atoms with Crippen LogP contribution in [0.5, 0.6) is 5.75 Å². The molecule has 0 atom stereocenters. The third-order valence-electron chi connectivity index (χ3n) is 4.28. The molecule has 1 N–H and O–H groups in total. The fourth-order valence-electron chi connectivity index (χ4n) is 2.98. The highest BCUT2D eigenvalue weighted by Crippen LogP contribution is 2.28. The minimum Gasteiger partial charge on any atom is -0.508 e. The zero-order valence-electron chi connectivity index (χ0n) is 12.8. The lowest BCUT2D eigenvalue weighted by Gasteiger charge is -2.26. The quantitative estimate of drug-likeness (QED) is 0.610. The first-order valence-corrected chi connectivity index (χ1v) is 10.3. The Labute approximate surface area is 144 Å². The topological polar surface area (TPSA) is 23.5 Å². The van der Waals surface area contributed by atoms with Gasteiger partial charge in [-0.05, 0) is 50.0 Å². The second-order valence-corrected chi connectivity index (χ2v) is 8.99. The van der Waals surface area contributed by atoms with Crippen molar-refractivity contribution in [2.45, 2.75) is 39.2 Å². The normalized spacial score (nSPS) is 16.0. The van der Waals surface area contributed by atoms with E-state index >= 15 is 0 Å². The van der Waals surface area contributed by atoms with E-state index < -0.39 is 0 Å². The van der Waals surface area contributed by atoms with Crippen molar-refractivity contribution < 1.29 is 5.11 Å². The van der Waals surface area contributed by atoms with Crippen molar-refractivity contribution >= 4 is 32.9 Å². The molecule has 2 aromatic rings. The van der Waals surface area contributed by atoms with Gasteiger partial charge in [-0.1, -0.05) is 51.5 Å². The molecule has 5 heteroatoms. The Kier molecular flexibility index (Phi) is 5.29. The lowest BCUT2D eigenvalue weighted by Crippen LogP contribution is -2.29. The van der Waals surface area contributed by atoms with Crippen LogP contribution in [0.1, 0.15) is 40.8 Å². The summed E-state index contributed by atoms with van der Waals surface area (Å²) in [5.41, 5.74) is 3.56. The van der Waals surface area contributed by atoms with Crippen LogP contribution in [0.25, 0.3) is 0 Å². The summed E-state index contributed by atoms with van der Waals surface area (Å²) in [5, 5.41) is 10.2. The fraction of sp³-hybridized carbons (Fsp3) is 0.471. The maximum atomic E-state index is 10.2. The van der Waals surface area contributed by atoms with Gasteiger partial charge in [0.2, 0.25) is 0 Å². The van der Waals surface area contributed by atoms with Gasteiger partial charge >= 0.3 is 0 Å². The van der Waals surface area contributed by atoms with Gasteiger partial charge in [0.15, 0.2) is 0 Å². The van der Waals surface area contributed by atoms with Crippen LogP contribution in [0.4, 0.5) is 0 Å². The van der Waals surface area contributed by atoms with Gasteiger partial charge in [0.25, 0.3) is 0 Å². The lowest BCUT2D eigenvalue weighted by atomic mass is 10.0. The van der Waals surface area contributed by atoms with Crippen molar-refractivity contribution in [3.05, 3.63) is 43.6 Å². The molecule has 0 bridgehead atoms. The molecule has 0 saturated carbocycles. The summed E-state index contributed by atoms with van der Waals surface area (Å²) < 4.78 is 1.01.